The van der Waals surface area contributed by atoms with Gasteiger partial charge in [0.05, 0.1) is 17.8 Å². The first-order chi connectivity index (χ1) is 9.35. The topological polar surface area (TPSA) is 87.5 Å². The van der Waals surface area contributed by atoms with E-state index in [4.69, 9.17) is 5.11 Å². The third-order valence-electron chi connectivity index (χ3n) is 2.93. The minimum absolute atomic E-state index is 0.0702. The predicted octanol–water partition coefficient (Wildman–Crippen LogP) is 1.70. The summed E-state index contributed by atoms with van der Waals surface area (Å²) >= 11 is 0. The molecule has 112 valence electrons. The average Bonchev–Trinajstić information content (AvgIpc) is 2.68. The average molecular weight is 282 g/mol. The largest absolute Gasteiger partial charge is 0.481 e. The SMILES string of the molecule is CCc1nn(C)cc1NC(=O)N(CCC(=O)O)C(C)C. The fourth-order valence-corrected chi connectivity index (χ4v) is 1.90. The van der Waals surface area contributed by atoms with Crippen molar-refractivity contribution < 1.29 is 14.7 Å². The van der Waals surface area contributed by atoms with E-state index in [1.807, 2.05) is 20.8 Å². The fourth-order valence-electron chi connectivity index (χ4n) is 1.90. The Hall–Kier alpha value is -2.05. The summed E-state index contributed by atoms with van der Waals surface area (Å²) < 4.78 is 1.64. The highest BCUT2D eigenvalue weighted by Gasteiger charge is 2.19. The Labute approximate surface area is 118 Å². The molecule has 0 aromatic carbocycles. The van der Waals surface area contributed by atoms with E-state index in [9.17, 15) is 9.59 Å². The molecule has 0 spiro atoms. The highest BCUT2D eigenvalue weighted by atomic mass is 16.4. The lowest BCUT2D eigenvalue weighted by molar-refractivity contribution is -0.137. The van der Waals surface area contributed by atoms with Gasteiger partial charge >= 0.3 is 12.0 Å². The number of aromatic nitrogens is 2. The van der Waals surface area contributed by atoms with Crippen LogP contribution >= 0.6 is 0 Å². The molecule has 0 bridgehead atoms. The van der Waals surface area contributed by atoms with Crippen molar-refractivity contribution in [2.24, 2.45) is 7.05 Å². The molecule has 7 nitrogen and oxygen atoms in total. The van der Waals surface area contributed by atoms with E-state index in [0.29, 0.717) is 12.1 Å². The first-order valence-corrected chi connectivity index (χ1v) is 6.67. The van der Waals surface area contributed by atoms with Gasteiger partial charge in [0.1, 0.15) is 0 Å². The third-order valence-corrected chi connectivity index (χ3v) is 2.93. The fraction of sp³-hybridized carbons (Fsp3) is 0.615. The van der Waals surface area contributed by atoms with Gasteiger partial charge in [0.25, 0.3) is 0 Å². The van der Waals surface area contributed by atoms with Gasteiger partial charge in [-0.05, 0) is 20.3 Å². The number of hydrogen-bond donors (Lipinski definition) is 2. The second-order valence-electron chi connectivity index (χ2n) is 4.88. The predicted molar refractivity (Wildman–Crippen MR) is 75.7 cm³/mol. The van der Waals surface area contributed by atoms with Crippen molar-refractivity contribution in [1.29, 1.82) is 0 Å². The number of anilines is 1. The lowest BCUT2D eigenvalue weighted by Crippen LogP contribution is -2.41. The maximum atomic E-state index is 12.2. The van der Waals surface area contributed by atoms with Gasteiger partial charge in [0, 0.05) is 25.8 Å². The van der Waals surface area contributed by atoms with Crippen LogP contribution in [-0.2, 0) is 18.3 Å². The normalized spacial score (nSPS) is 10.7. The highest BCUT2D eigenvalue weighted by Crippen LogP contribution is 2.15. The van der Waals surface area contributed by atoms with Crippen LogP contribution in [0.5, 0.6) is 0 Å². The number of carbonyl (C=O) groups is 2. The number of nitrogens with zero attached hydrogens (tertiary/aromatic N) is 3. The van der Waals surface area contributed by atoms with E-state index < -0.39 is 5.97 Å². The van der Waals surface area contributed by atoms with E-state index in [-0.39, 0.29) is 25.0 Å². The van der Waals surface area contributed by atoms with Gasteiger partial charge in [-0.2, -0.15) is 5.10 Å². The number of rotatable bonds is 6. The molecule has 1 rings (SSSR count). The number of carboxylic acids is 1. The number of carbonyl (C=O) groups excluding carboxylic acids is 1. The van der Waals surface area contributed by atoms with Crippen LogP contribution in [0.25, 0.3) is 0 Å². The molecule has 0 saturated carbocycles. The molecule has 1 heterocycles. The Morgan fingerprint density at radius 3 is 2.65 bits per heavy atom. The summed E-state index contributed by atoms with van der Waals surface area (Å²) in [5.41, 5.74) is 1.48. The molecule has 1 aromatic heterocycles. The van der Waals surface area contributed by atoms with Gasteiger partial charge in [-0.15, -0.1) is 0 Å². The number of hydrogen-bond acceptors (Lipinski definition) is 3. The number of aliphatic carboxylic acids is 1. The van der Waals surface area contributed by atoms with Crippen LogP contribution in [0.4, 0.5) is 10.5 Å². The van der Waals surface area contributed by atoms with Crippen molar-refractivity contribution in [2.45, 2.75) is 39.7 Å². The molecule has 0 unspecified atom stereocenters. The summed E-state index contributed by atoms with van der Waals surface area (Å²) in [6, 6.07) is -0.375. The molecule has 0 saturated heterocycles. The summed E-state index contributed by atoms with van der Waals surface area (Å²) in [5.74, 6) is -0.918. The smallest absolute Gasteiger partial charge is 0.322 e. The lowest BCUT2D eigenvalue weighted by Gasteiger charge is -2.26. The molecule has 20 heavy (non-hydrogen) atoms. The minimum Gasteiger partial charge on any atom is -0.481 e. The maximum Gasteiger partial charge on any atom is 0.322 e. The Kier molecular flexibility index (Phi) is 5.54. The monoisotopic (exact) mass is 282 g/mol. The Balaban J connectivity index is 2.77. The van der Waals surface area contributed by atoms with Gasteiger partial charge in [0.2, 0.25) is 0 Å². The van der Waals surface area contributed by atoms with E-state index >= 15 is 0 Å². The minimum atomic E-state index is -0.918. The summed E-state index contributed by atoms with van der Waals surface area (Å²) in [5, 5.41) is 15.8. The maximum absolute atomic E-state index is 12.2. The molecular formula is C13H22N4O3. The van der Waals surface area contributed by atoms with Crippen LogP contribution in [0.15, 0.2) is 6.20 Å². The zero-order chi connectivity index (χ0) is 15.3. The molecule has 7 heteroatoms. The molecule has 2 N–H and O–H groups in total. The summed E-state index contributed by atoms with van der Waals surface area (Å²) in [4.78, 5) is 24.4. The van der Waals surface area contributed by atoms with Crippen LogP contribution in [0.3, 0.4) is 0 Å². The number of nitrogens with one attached hydrogen (secondary N) is 1. The molecule has 0 aliphatic carbocycles. The van der Waals surface area contributed by atoms with Crippen molar-refractivity contribution in [3.05, 3.63) is 11.9 Å². The summed E-state index contributed by atoms with van der Waals surface area (Å²) in [6.07, 6.45) is 2.39. The summed E-state index contributed by atoms with van der Waals surface area (Å²) in [7, 11) is 1.79. The van der Waals surface area contributed by atoms with Crippen LogP contribution < -0.4 is 5.32 Å². The molecule has 2 amide bonds. The Morgan fingerprint density at radius 2 is 2.15 bits per heavy atom. The Morgan fingerprint density at radius 1 is 1.50 bits per heavy atom. The zero-order valence-corrected chi connectivity index (χ0v) is 12.4. The van der Waals surface area contributed by atoms with Gasteiger partial charge in [0.15, 0.2) is 0 Å². The van der Waals surface area contributed by atoms with E-state index in [1.54, 1.807) is 17.9 Å². The Bertz CT molecular complexity index is 482. The third kappa shape index (κ3) is 4.25. The number of carboxylic acid groups (broad SMARTS) is 1. The van der Waals surface area contributed by atoms with Crippen LogP contribution in [0.1, 0.15) is 32.9 Å². The first-order valence-electron chi connectivity index (χ1n) is 6.67. The second-order valence-corrected chi connectivity index (χ2v) is 4.88. The highest BCUT2D eigenvalue weighted by molar-refractivity contribution is 5.90. The van der Waals surface area contributed by atoms with Gasteiger partial charge in [-0.1, -0.05) is 6.92 Å². The van der Waals surface area contributed by atoms with E-state index in [2.05, 4.69) is 10.4 Å². The molecule has 0 radical (unpaired) electrons. The molecule has 0 aliphatic rings. The first kappa shape index (κ1) is 16.0. The quantitative estimate of drug-likeness (QED) is 0.831. The molecule has 0 aliphatic heterocycles. The standard InChI is InChI=1S/C13H22N4O3/c1-5-10-11(8-16(4)15-10)14-13(20)17(9(2)3)7-6-12(18)19/h8-9H,5-7H2,1-4H3,(H,14,20)(H,18,19). The van der Waals surface area contributed by atoms with Gasteiger partial charge < -0.3 is 15.3 Å². The molecule has 0 fully saturated rings. The number of aryl methyl sites for hydroxylation is 2. The summed E-state index contributed by atoms with van der Waals surface area (Å²) in [6.45, 7) is 5.85. The van der Waals surface area contributed by atoms with E-state index in [0.717, 1.165) is 5.69 Å². The van der Waals surface area contributed by atoms with Crippen molar-refractivity contribution in [3.8, 4) is 0 Å². The van der Waals surface area contributed by atoms with Gasteiger partial charge in [-0.3, -0.25) is 9.48 Å². The van der Waals surface area contributed by atoms with Crippen LogP contribution in [0, 0.1) is 0 Å². The van der Waals surface area contributed by atoms with Crippen molar-refractivity contribution >= 4 is 17.7 Å². The number of amides is 2. The van der Waals surface area contributed by atoms with E-state index in [1.165, 1.54) is 4.90 Å². The van der Waals surface area contributed by atoms with Crippen LogP contribution in [-0.4, -0.2) is 44.4 Å². The lowest BCUT2D eigenvalue weighted by atomic mass is 10.3. The van der Waals surface area contributed by atoms with Crippen LogP contribution in [0.2, 0.25) is 0 Å². The van der Waals surface area contributed by atoms with Crippen molar-refractivity contribution in [1.82, 2.24) is 14.7 Å². The molecular weight excluding hydrogens is 260 g/mol. The second kappa shape index (κ2) is 6.93. The van der Waals surface area contributed by atoms with Gasteiger partial charge in [-0.25, -0.2) is 4.79 Å². The number of urea groups is 1. The zero-order valence-electron chi connectivity index (χ0n) is 12.4. The van der Waals surface area contributed by atoms with Crippen molar-refractivity contribution in [3.63, 3.8) is 0 Å². The molecule has 0 atom stereocenters. The van der Waals surface area contributed by atoms with Crippen molar-refractivity contribution in [2.75, 3.05) is 11.9 Å². The molecule has 1 aromatic rings.